The molecule has 27 heavy (non-hydrogen) atoms. The number of nitrogens with one attached hydrogen (secondary N) is 1. The van der Waals surface area contributed by atoms with Gasteiger partial charge in [-0.3, -0.25) is 4.90 Å². The summed E-state index contributed by atoms with van der Waals surface area (Å²) < 4.78 is 33.2. The van der Waals surface area contributed by atoms with Crippen molar-refractivity contribution >= 4 is 43.3 Å². The highest BCUT2D eigenvalue weighted by Gasteiger charge is 2.29. The molecule has 0 aliphatic carbocycles. The zero-order valence-electron chi connectivity index (χ0n) is 15.1. The molecule has 2 heterocycles. The highest BCUT2D eigenvalue weighted by Crippen LogP contribution is 2.21. The molecule has 0 spiro atoms. The first-order valence-corrected chi connectivity index (χ1v) is 11.7. The van der Waals surface area contributed by atoms with Crippen LogP contribution in [0.2, 0.25) is 0 Å². The van der Waals surface area contributed by atoms with Gasteiger partial charge in [-0.2, -0.15) is 4.31 Å². The quantitative estimate of drug-likeness (QED) is 0.634. The SMILES string of the molecule is O=S(=O)(c1cccc(Br)c1)N1CCN(C(=S)NCCN2CCOCC2)CC1. The molecule has 2 fully saturated rings. The zero-order valence-corrected chi connectivity index (χ0v) is 18.4. The molecule has 0 amide bonds. The van der Waals surface area contributed by atoms with E-state index < -0.39 is 10.0 Å². The van der Waals surface area contributed by atoms with E-state index in [0.717, 1.165) is 43.9 Å². The molecule has 2 saturated heterocycles. The Morgan fingerprint density at radius 3 is 2.52 bits per heavy atom. The summed E-state index contributed by atoms with van der Waals surface area (Å²) in [5.74, 6) is 0. The van der Waals surface area contributed by atoms with Crippen molar-refractivity contribution in [3.8, 4) is 0 Å². The molecule has 0 atom stereocenters. The smallest absolute Gasteiger partial charge is 0.243 e. The molecule has 0 unspecified atom stereocenters. The van der Waals surface area contributed by atoms with Crippen LogP contribution in [0.5, 0.6) is 0 Å². The van der Waals surface area contributed by atoms with Crippen LogP contribution >= 0.6 is 28.1 Å². The summed E-state index contributed by atoms with van der Waals surface area (Å²) >= 11 is 8.81. The van der Waals surface area contributed by atoms with Crippen LogP contribution in [-0.2, 0) is 14.8 Å². The predicted molar refractivity (Wildman–Crippen MR) is 112 cm³/mol. The summed E-state index contributed by atoms with van der Waals surface area (Å²) in [6.45, 7) is 7.27. The Balaban J connectivity index is 1.46. The Hall–Kier alpha value is -0.780. The summed E-state index contributed by atoms with van der Waals surface area (Å²) in [5, 5.41) is 3.99. The van der Waals surface area contributed by atoms with Gasteiger partial charge in [0.15, 0.2) is 5.11 Å². The molecule has 1 aromatic rings. The Labute approximate surface area is 174 Å². The first-order chi connectivity index (χ1) is 13.0. The second-order valence-corrected chi connectivity index (χ2v) is 9.77. The van der Waals surface area contributed by atoms with Gasteiger partial charge in [0.25, 0.3) is 0 Å². The first kappa shape index (κ1) is 20.9. The Morgan fingerprint density at radius 2 is 1.85 bits per heavy atom. The maximum Gasteiger partial charge on any atom is 0.243 e. The van der Waals surface area contributed by atoms with Crippen LogP contribution in [0.15, 0.2) is 33.6 Å². The number of ether oxygens (including phenoxy) is 1. The van der Waals surface area contributed by atoms with E-state index in [1.54, 1.807) is 18.2 Å². The number of thiocarbonyl (C=S) groups is 1. The average Bonchev–Trinajstić information content (AvgIpc) is 2.69. The van der Waals surface area contributed by atoms with Gasteiger partial charge in [0.05, 0.1) is 18.1 Å². The number of benzene rings is 1. The Morgan fingerprint density at radius 1 is 1.15 bits per heavy atom. The molecule has 0 saturated carbocycles. The van der Waals surface area contributed by atoms with Crippen LogP contribution < -0.4 is 5.32 Å². The van der Waals surface area contributed by atoms with Gasteiger partial charge in [0.1, 0.15) is 0 Å². The van der Waals surface area contributed by atoms with Gasteiger partial charge >= 0.3 is 0 Å². The van der Waals surface area contributed by atoms with E-state index in [-0.39, 0.29) is 0 Å². The van der Waals surface area contributed by atoms with Crippen molar-refractivity contribution in [2.24, 2.45) is 0 Å². The largest absolute Gasteiger partial charge is 0.379 e. The molecule has 2 aliphatic heterocycles. The second kappa shape index (κ2) is 9.62. The summed E-state index contributed by atoms with van der Waals surface area (Å²) in [6, 6.07) is 6.82. The van der Waals surface area contributed by atoms with E-state index >= 15 is 0 Å². The molecule has 3 rings (SSSR count). The van der Waals surface area contributed by atoms with E-state index in [4.69, 9.17) is 17.0 Å². The number of nitrogens with zero attached hydrogens (tertiary/aromatic N) is 3. The van der Waals surface area contributed by atoms with Gasteiger partial charge in [0.2, 0.25) is 10.0 Å². The molecular weight excluding hydrogens is 452 g/mol. The number of hydrogen-bond acceptors (Lipinski definition) is 5. The second-order valence-electron chi connectivity index (χ2n) is 6.53. The lowest BCUT2D eigenvalue weighted by Gasteiger charge is -2.35. The van der Waals surface area contributed by atoms with E-state index in [1.807, 2.05) is 11.0 Å². The normalized spacial score (nSPS) is 19.8. The van der Waals surface area contributed by atoms with Crippen molar-refractivity contribution in [2.45, 2.75) is 4.90 Å². The van der Waals surface area contributed by atoms with Crippen molar-refractivity contribution in [1.82, 2.24) is 19.4 Å². The monoisotopic (exact) mass is 476 g/mol. The fraction of sp³-hybridized carbons (Fsp3) is 0.588. The number of morpholine rings is 1. The number of rotatable bonds is 5. The lowest BCUT2D eigenvalue weighted by atomic mass is 10.4. The van der Waals surface area contributed by atoms with E-state index in [1.165, 1.54) is 4.31 Å². The molecular formula is C17H25BrN4O3S2. The van der Waals surface area contributed by atoms with E-state index in [9.17, 15) is 8.42 Å². The fourth-order valence-electron chi connectivity index (χ4n) is 3.17. The van der Waals surface area contributed by atoms with Gasteiger partial charge in [0, 0.05) is 56.8 Å². The van der Waals surface area contributed by atoms with Gasteiger partial charge in [-0.25, -0.2) is 8.42 Å². The first-order valence-electron chi connectivity index (χ1n) is 9.05. The summed E-state index contributed by atoms with van der Waals surface area (Å²) in [4.78, 5) is 4.71. The molecule has 0 bridgehead atoms. The van der Waals surface area contributed by atoms with E-state index in [2.05, 4.69) is 26.1 Å². The highest BCUT2D eigenvalue weighted by atomic mass is 79.9. The third-order valence-electron chi connectivity index (χ3n) is 4.77. The van der Waals surface area contributed by atoms with Crippen molar-refractivity contribution in [1.29, 1.82) is 0 Å². The number of hydrogen-bond donors (Lipinski definition) is 1. The van der Waals surface area contributed by atoms with Crippen LogP contribution in [-0.4, -0.2) is 93.2 Å². The van der Waals surface area contributed by atoms with Crippen molar-refractivity contribution in [2.75, 3.05) is 65.6 Å². The third kappa shape index (κ3) is 5.61. The maximum atomic E-state index is 12.8. The number of piperazine rings is 1. The molecule has 10 heteroatoms. The minimum atomic E-state index is -3.47. The van der Waals surface area contributed by atoms with Crippen molar-refractivity contribution < 1.29 is 13.2 Å². The lowest BCUT2D eigenvalue weighted by Crippen LogP contribution is -2.53. The van der Waals surface area contributed by atoms with Crippen LogP contribution in [0.4, 0.5) is 0 Å². The summed E-state index contributed by atoms with van der Waals surface area (Å²) in [5.41, 5.74) is 0. The van der Waals surface area contributed by atoms with Gasteiger partial charge in [-0.15, -0.1) is 0 Å². The van der Waals surface area contributed by atoms with Crippen molar-refractivity contribution in [3.63, 3.8) is 0 Å². The number of halogens is 1. The number of sulfonamides is 1. The average molecular weight is 477 g/mol. The van der Waals surface area contributed by atoms with Crippen LogP contribution in [0.1, 0.15) is 0 Å². The van der Waals surface area contributed by atoms with Crippen LogP contribution in [0.25, 0.3) is 0 Å². The maximum absolute atomic E-state index is 12.8. The van der Waals surface area contributed by atoms with Crippen molar-refractivity contribution in [3.05, 3.63) is 28.7 Å². The van der Waals surface area contributed by atoms with Gasteiger partial charge < -0.3 is 15.0 Å². The standard InChI is InChI=1S/C17H25BrN4O3S2/c18-15-2-1-3-16(14-15)27(23,24)22-8-6-21(7-9-22)17(26)19-4-5-20-10-12-25-13-11-20/h1-3,14H,4-13H2,(H,19,26). The Bertz CT molecular complexity index is 748. The summed E-state index contributed by atoms with van der Waals surface area (Å²) in [6.07, 6.45) is 0. The fourth-order valence-corrected chi connectivity index (χ4v) is 5.47. The minimum Gasteiger partial charge on any atom is -0.379 e. The van der Waals surface area contributed by atoms with E-state index in [0.29, 0.717) is 36.2 Å². The molecule has 1 aromatic carbocycles. The molecule has 150 valence electrons. The van der Waals surface area contributed by atoms with Crippen LogP contribution in [0.3, 0.4) is 0 Å². The molecule has 1 N–H and O–H groups in total. The van der Waals surface area contributed by atoms with Gasteiger partial charge in [-0.1, -0.05) is 22.0 Å². The molecule has 0 aromatic heterocycles. The molecule has 0 radical (unpaired) electrons. The topological polar surface area (TPSA) is 65.1 Å². The zero-order chi connectivity index (χ0) is 19.3. The van der Waals surface area contributed by atoms with Gasteiger partial charge in [-0.05, 0) is 30.4 Å². The Kier molecular flexibility index (Phi) is 7.46. The predicted octanol–water partition coefficient (Wildman–Crippen LogP) is 0.962. The molecule has 2 aliphatic rings. The molecule has 7 nitrogen and oxygen atoms in total. The third-order valence-corrected chi connectivity index (χ3v) is 7.56. The minimum absolute atomic E-state index is 0.316. The highest BCUT2D eigenvalue weighted by molar-refractivity contribution is 9.10. The van der Waals surface area contributed by atoms with Crippen LogP contribution in [0, 0.1) is 0 Å². The lowest BCUT2D eigenvalue weighted by molar-refractivity contribution is 0.0388. The summed E-state index contributed by atoms with van der Waals surface area (Å²) in [7, 11) is -3.47.